The molecule has 0 aliphatic rings. The van der Waals surface area contributed by atoms with Crippen LogP contribution in [0.25, 0.3) is 0 Å². The van der Waals surface area contributed by atoms with Crippen LogP contribution in [-0.2, 0) is 0 Å². The molecule has 1 N–H and O–H groups in total. The van der Waals surface area contributed by atoms with Gasteiger partial charge in [-0.2, -0.15) is 0 Å². The van der Waals surface area contributed by atoms with Gasteiger partial charge in [0.05, 0.1) is 11.9 Å². The average Bonchev–Trinajstić information content (AvgIpc) is 2.42. The lowest BCUT2D eigenvalue weighted by molar-refractivity contribution is 0.102. The maximum absolute atomic E-state index is 12.3. The van der Waals surface area contributed by atoms with Gasteiger partial charge in [0.15, 0.2) is 0 Å². The molecule has 0 aromatic carbocycles. The van der Waals surface area contributed by atoms with E-state index in [1.54, 1.807) is 18.2 Å². The number of carbonyl (C=O) groups is 1. The first-order chi connectivity index (χ1) is 9.86. The topological polar surface area (TPSA) is 54.9 Å². The number of hydrogen-bond acceptors (Lipinski definition) is 3. The first-order valence-electron chi connectivity index (χ1n) is 6.48. The molecule has 0 unspecified atom stereocenters. The zero-order valence-corrected chi connectivity index (χ0v) is 13.5. The van der Waals surface area contributed by atoms with Gasteiger partial charge < -0.3 is 5.32 Å². The summed E-state index contributed by atoms with van der Waals surface area (Å²) in [5.41, 5.74) is 2.62. The van der Waals surface area contributed by atoms with Gasteiger partial charge in [0.1, 0.15) is 10.3 Å². The second-order valence-electron chi connectivity index (χ2n) is 5.04. The fourth-order valence-corrected chi connectivity index (χ4v) is 2.09. The molecule has 2 aromatic rings. The predicted molar refractivity (Wildman–Crippen MR) is 85.3 cm³/mol. The van der Waals surface area contributed by atoms with Crippen molar-refractivity contribution in [1.82, 2.24) is 9.97 Å². The molecule has 2 rings (SSSR count). The van der Waals surface area contributed by atoms with Crippen LogP contribution < -0.4 is 5.32 Å². The second kappa shape index (κ2) is 6.41. The van der Waals surface area contributed by atoms with Crippen molar-refractivity contribution in [3.8, 4) is 0 Å². The van der Waals surface area contributed by atoms with Gasteiger partial charge in [-0.15, -0.1) is 0 Å². The van der Waals surface area contributed by atoms with Crippen LogP contribution in [0.4, 0.5) is 5.69 Å². The van der Waals surface area contributed by atoms with E-state index in [0.717, 1.165) is 11.3 Å². The molecule has 0 spiro atoms. The van der Waals surface area contributed by atoms with Crippen molar-refractivity contribution in [3.05, 3.63) is 51.5 Å². The van der Waals surface area contributed by atoms with Crippen LogP contribution in [0.5, 0.6) is 0 Å². The minimum absolute atomic E-state index is 0.190. The third-order valence-corrected chi connectivity index (χ3v) is 3.53. The first kappa shape index (κ1) is 15.7. The molecule has 0 fully saturated rings. The molecule has 2 aromatic heterocycles. The van der Waals surface area contributed by atoms with E-state index in [1.807, 2.05) is 20.8 Å². The van der Waals surface area contributed by atoms with Crippen LogP contribution >= 0.6 is 23.2 Å². The molecule has 0 atom stereocenters. The van der Waals surface area contributed by atoms with Gasteiger partial charge in [-0.25, -0.2) is 9.97 Å². The van der Waals surface area contributed by atoms with E-state index in [2.05, 4.69) is 15.3 Å². The summed E-state index contributed by atoms with van der Waals surface area (Å²) >= 11 is 11.8. The third kappa shape index (κ3) is 3.93. The van der Waals surface area contributed by atoms with Gasteiger partial charge >= 0.3 is 0 Å². The Balaban J connectivity index is 2.25. The van der Waals surface area contributed by atoms with E-state index in [0.29, 0.717) is 21.6 Å². The van der Waals surface area contributed by atoms with Crippen LogP contribution in [0.1, 0.15) is 41.4 Å². The standard InChI is InChI=1S/C15H15Cl2N3O/c1-8(2)12-5-10(6-13(16)20-12)15(21)19-11-4-9(3)14(17)18-7-11/h4-8H,1-3H3,(H,19,21). The summed E-state index contributed by atoms with van der Waals surface area (Å²) in [5, 5.41) is 3.49. The van der Waals surface area contributed by atoms with E-state index in [4.69, 9.17) is 23.2 Å². The lowest BCUT2D eigenvalue weighted by Gasteiger charge is -2.10. The van der Waals surface area contributed by atoms with Crippen molar-refractivity contribution in [2.45, 2.75) is 26.7 Å². The molecule has 110 valence electrons. The molecule has 21 heavy (non-hydrogen) atoms. The monoisotopic (exact) mass is 323 g/mol. The number of rotatable bonds is 3. The maximum atomic E-state index is 12.3. The van der Waals surface area contributed by atoms with Crippen molar-refractivity contribution in [2.24, 2.45) is 0 Å². The van der Waals surface area contributed by atoms with Gasteiger partial charge in [0.25, 0.3) is 5.91 Å². The van der Waals surface area contributed by atoms with Crippen molar-refractivity contribution >= 4 is 34.8 Å². The smallest absolute Gasteiger partial charge is 0.255 e. The molecule has 0 aliphatic carbocycles. The second-order valence-corrected chi connectivity index (χ2v) is 5.79. The molecule has 0 saturated carbocycles. The fourth-order valence-electron chi connectivity index (χ4n) is 1.77. The summed E-state index contributed by atoms with van der Waals surface area (Å²) in [4.78, 5) is 20.5. The number of aryl methyl sites for hydroxylation is 1. The maximum Gasteiger partial charge on any atom is 0.255 e. The van der Waals surface area contributed by atoms with E-state index >= 15 is 0 Å². The number of nitrogens with one attached hydrogen (secondary N) is 1. The van der Waals surface area contributed by atoms with Gasteiger partial charge in [-0.1, -0.05) is 37.0 Å². The van der Waals surface area contributed by atoms with Crippen LogP contribution in [-0.4, -0.2) is 15.9 Å². The van der Waals surface area contributed by atoms with Crippen LogP contribution in [0.2, 0.25) is 10.3 Å². The highest BCUT2D eigenvalue weighted by molar-refractivity contribution is 6.30. The molecule has 2 heterocycles. The Labute approximate surface area is 133 Å². The van der Waals surface area contributed by atoms with Crippen molar-refractivity contribution in [2.75, 3.05) is 5.32 Å². The van der Waals surface area contributed by atoms with Crippen molar-refractivity contribution in [3.63, 3.8) is 0 Å². The number of nitrogens with zero attached hydrogens (tertiary/aromatic N) is 2. The third-order valence-electron chi connectivity index (χ3n) is 2.94. The molecule has 0 bridgehead atoms. The zero-order valence-electron chi connectivity index (χ0n) is 11.9. The Morgan fingerprint density at radius 2 is 1.95 bits per heavy atom. The molecule has 0 radical (unpaired) electrons. The van der Waals surface area contributed by atoms with Crippen LogP contribution in [0, 0.1) is 6.92 Å². The van der Waals surface area contributed by atoms with Crippen LogP contribution in [0.15, 0.2) is 24.4 Å². The van der Waals surface area contributed by atoms with Gasteiger partial charge in [-0.05, 0) is 36.6 Å². The Morgan fingerprint density at radius 1 is 1.24 bits per heavy atom. The Kier molecular flexibility index (Phi) is 4.80. The largest absolute Gasteiger partial charge is 0.321 e. The number of carbonyl (C=O) groups excluding carboxylic acids is 1. The summed E-state index contributed by atoms with van der Waals surface area (Å²) in [6, 6.07) is 5.04. The molecule has 0 aliphatic heterocycles. The van der Waals surface area contributed by atoms with E-state index in [1.165, 1.54) is 6.20 Å². The Bertz CT molecular complexity index is 687. The fraction of sp³-hybridized carbons (Fsp3) is 0.267. The highest BCUT2D eigenvalue weighted by atomic mass is 35.5. The number of hydrogen-bond donors (Lipinski definition) is 1. The summed E-state index contributed by atoms with van der Waals surface area (Å²) in [6.45, 7) is 5.81. The Hall–Kier alpha value is -1.65. The van der Waals surface area contributed by atoms with Gasteiger partial charge in [0, 0.05) is 11.3 Å². The Morgan fingerprint density at radius 3 is 2.57 bits per heavy atom. The van der Waals surface area contributed by atoms with Crippen molar-refractivity contribution < 1.29 is 4.79 Å². The molecule has 0 saturated heterocycles. The molecular formula is C15H15Cl2N3O. The minimum atomic E-state index is -0.260. The predicted octanol–water partition coefficient (Wildman–Crippen LogP) is 4.47. The number of halogens is 2. The molecule has 6 heteroatoms. The molecular weight excluding hydrogens is 309 g/mol. The van der Waals surface area contributed by atoms with Crippen molar-refractivity contribution in [1.29, 1.82) is 0 Å². The van der Waals surface area contributed by atoms with Gasteiger partial charge in [-0.3, -0.25) is 4.79 Å². The highest BCUT2D eigenvalue weighted by Crippen LogP contribution is 2.20. The summed E-state index contributed by atoms with van der Waals surface area (Å²) in [7, 11) is 0. The first-order valence-corrected chi connectivity index (χ1v) is 7.23. The lowest BCUT2D eigenvalue weighted by Crippen LogP contribution is -2.13. The van der Waals surface area contributed by atoms with E-state index < -0.39 is 0 Å². The number of aromatic nitrogens is 2. The van der Waals surface area contributed by atoms with E-state index in [-0.39, 0.29) is 11.8 Å². The molecule has 4 nitrogen and oxygen atoms in total. The summed E-state index contributed by atoms with van der Waals surface area (Å²) in [6.07, 6.45) is 1.51. The normalized spacial score (nSPS) is 10.8. The quantitative estimate of drug-likeness (QED) is 0.848. The van der Waals surface area contributed by atoms with E-state index in [9.17, 15) is 4.79 Å². The number of pyridine rings is 2. The number of amides is 1. The SMILES string of the molecule is Cc1cc(NC(=O)c2cc(Cl)nc(C(C)C)c2)cnc1Cl. The molecule has 1 amide bonds. The van der Waals surface area contributed by atoms with Gasteiger partial charge in [0.2, 0.25) is 0 Å². The summed E-state index contributed by atoms with van der Waals surface area (Å²) < 4.78 is 0. The minimum Gasteiger partial charge on any atom is -0.321 e. The summed E-state index contributed by atoms with van der Waals surface area (Å²) in [5.74, 6) is -0.0700. The average molecular weight is 324 g/mol. The highest BCUT2D eigenvalue weighted by Gasteiger charge is 2.12. The number of anilines is 1. The lowest BCUT2D eigenvalue weighted by atomic mass is 10.1. The zero-order chi connectivity index (χ0) is 15.6. The van der Waals surface area contributed by atoms with Crippen LogP contribution in [0.3, 0.4) is 0 Å².